The van der Waals surface area contributed by atoms with Crippen molar-refractivity contribution in [3.05, 3.63) is 0 Å². The van der Waals surface area contributed by atoms with E-state index >= 15 is 0 Å². The molecular weight excluding hydrogens is 206 g/mol. The maximum Gasteiger partial charge on any atom is 0.0613 e. The van der Waals surface area contributed by atoms with E-state index in [9.17, 15) is 0 Å². The minimum absolute atomic E-state index is 0.424. The SMILES string of the molecule is COCC(C)NCCCOCC1CCOC1. The van der Waals surface area contributed by atoms with Crippen molar-refractivity contribution in [2.45, 2.75) is 25.8 Å². The Hall–Kier alpha value is -0.160. The van der Waals surface area contributed by atoms with Crippen molar-refractivity contribution >= 4 is 0 Å². The zero-order valence-corrected chi connectivity index (χ0v) is 10.5. The van der Waals surface area contributed by atoms with Crippen molar-refractivity contribution in [3.8, 4) is 0 Å². The first-order valence-electron chi connectivity index (χ1n) is 6.20. The standard InChI is InChI=1S/C12H25NO3/c1-11(8-14-2)13-5-3-6-15-9-12-4-7-16-10-12/h11-13H,3-10H2,1-2H3. The molecule has 16 heavy (non-hydrogen) atoms. The molecule has 1 aliphatic heterocycles. The summed E-state index contributed by atoms with van der Waals surface area (Å²) in [4.78, 5) is 0. The zero-order chi connectivity index (χ0) is 11.6. The van der Waals surface area contributed by atoms with Gasteiger partial charge in [0.2, 0.25) is 0 Å². The van der Waals surface area contributed by atoms with E-state index in [0.717, 1.165) is 52.4 Å². The van der Waals surface area contributed by atoms with E-state index < -0.39 is 0 Å². The third-order valence-corrected chi connectivity index (χ3v) is 2.75. The Labute approximate surface area is 98.6 Å². The topological polar surface area (TPSA) is 39.7 Å². The predicted octanol–water partition coefficient (Wildman–Crippen LogP) is 1.05. The van der Waals surface area contributed by atoms with E-state index in [1.807, 2.05) is 0 Å². The third kappa shape index (κ3) is 6.43. The summed E-state index contributed by atoms with van der Waals surface area (Å²) < 4.78 is 15.9. The molecule has 0 spiro atoms. The highest BCUT2D eigenvalue weighted by molar-refractivity contribution is 4.63. The average molecular weight is 231 g/mol. The van der Waals surface area contributed by atoms with Crippen molar-refractivity contribution in [1.29, 1.82) is 0 Å². The fourth-order valence-electron chi connectivity index (χ4n) is 1.80. The summed E-state index contributed by atoms with van der Waals surface area (Å²) >= 11 is 0. The normalized spacial score (nSPS) is 22.5. The minimum atomic E-state index is 0.424. The smallest absolute Gasteiger partial charge is 0.0613 e. The summed E-state index contributed by atoms with van der Waals surface area (Å²) in [5, 5.41) is 3.38. The Balaban J connectivity index is 1.80. The van der Waals surface area contributed by atoms with Gasteiger partial charge in [0.15, 0.2) is 0 Å². The van der Waals surface area contributed by atoms with Crippen LogP contribution >= 0.6 is 0 Å². The maximum absolute atomic E-state index is 5.61. The maximum atomic E-state index is 5.61. The van der Waals surface area contributed by atoms with Gasteiger partial charge in [-0.2, -0.15) is 0 Å². The molecule has 0 saturated carbocycles. The molecule has 0 aromatic rings. The molecule has 2 atom stereocenters. The van der Waals surface area contributed by atoms with Gasteiger partial charge in [-0.05, 0) is 26.3 Å². The van der Waals surface area contributed by atoms with Gasteiger partial charge in [0, 0.05) is 32.3 Å². The molecule has 96 valence electrons. The van der Waals surface area contributed by atoms with Crippen LogP contribution in [0.1, 0.15) is 19.8 Å². The predicted molar refractivity (Wildman–Crippen MR) is 63.7 cm³/mol. The summed E-state index contributed by atoms with van der Waals surface area (Å²) in [6.45, 7) is 7.36. The van der Waals surface area contributed by atoms with Crippen LogP contribution in [0.2, 0.25) is 0 Å². The first-order valence-corrected chi connectivity index (χ1v) is 6.20. The third-order valence-electron chi connectivity index (χ3n) is 2.75. The Morgan fingerprint density at radius 3 is 3.06 bits per heavy atom. The van der Waals surface area contributed by atoms with Gasteiger partial charge < -0.3 is 19.5 Å². The van der Waals surface area contributed by atoms with Gasteiger partial charge in [-0.15, -0.1) is 0 Å². The molecule has 0 amide bonds. The van der Waals surface area contributed by atoms with E-state index in [1.54, 1.807) is 7.11 Å². The highest BCUT2D eigenvalue weighted by Gasteiger charge is 2.15. The second-order valence-electron chi connectivity index (χ2n) is 4.47. The van der Waals surface area contributed by atoms with Crippen molar-refractivity contribution in [2.75, 3.05) is 46.7 Å². The Kier molecular flexibility index (Phi) is 7.76. The monoisotopic (exact) mass is 231 g/mol. The molecule has 1 N–H and O–H groups in total. The van der Waals surface area contributed by atoms with Crippen molar-refractivity contribution < 1.29 is 14.2 Å². The van der Waals surface area contributed by atoms with E-state index in [-0.39, 0.29) is 0 Å². The zero-order valence-electron chi connectivity index (χ0n) is 10.5. The van der Waals surface area contributed by atoms with Gasteiger partial charge in [-0.1, -0.05) is 0 Å². The average Bonchev–Trinajstić information content (AvgIpc) is 2.76. The van der Waals surface area contributed by atoms with Crippen LogP contribution in [0.5, 0.6) is 0 Å². The lowest BCUT2D eigenvalue weighted by atomic mass is 10.1. The van der Waals surface area contributed by atoms with Crippen molar-refractivity contribution in [3.63, 3.8) is 0 Å². The molecule has 1 aliphatic rings. The van der Waals surface area contributed by atoms with Gasteiger partial charge in [-0.25, -0.2) is 0 Å². The summed E-state index contributed by atoms with van der Waals surface area (Å²) in [7, 11) is 1.73. The van der Waals surface area contributed by atoms with E-state index in [2.05, 4.69) is 12.2 Å². The number of hydrogen-bond donors (Lipinski definition) is 1. The second kappa shape index (κ2) is 8.93. The van der Waals surface area contributed by atoms with Crippen LogP contribution in [0.3, 0.4) is 0 Å². The molecule has 1 fully saturated rings. The van der Waals surface area contributed by atoms with Crippen LogP contribution in [0.4, 0.5) is 0 Å². The number of nitrogens with one attached hydrogen (secondary N) is 1. The van der Waals surface area contributed by atoms with Crippen molar-refractivity contribution in [2.24, 2.45) is 5.92 Å². The molecular formula is C12H25NO3. The minimum Gasteiger partial charge on any atom is -0.383 e. The van der Waals surface area contributed by atoms with Crippen LogP contribution in [0.15, 0.2) is 0 Å². The highest BCUT2D eigenvalue weighted by atomic mass is 16.5. The molecule has 0 bridgehead atoms. The quantitative estimate of drug-likeness (QED) is 0.602. The Bertz CT molecular complexity index is 160. The molecule has 1 saturated heterocycles. The van der Waals surface area contributed by atoms with Crippen LogP contribution < -0.4 is 5.32 Å². The lowest BCUT2D eigenvalue weighted by Crippen LogP contribution is -2.31. The molecule has 4 heteroatoms. The van der Waals surface area contributed by atoms with Gasteiger partial charge in [0.1, 0.15) is 0 Å². The summed E-state index contributed by atoms with van der Waals surface area (Å²) in [6.07, 6.45) is 2.21. The molecule has 2 unspecified atom stereocenters. The van der Waals surface area contributed by atoms with Crippen molar-refractivity contribution in [1.82, 2.24) is 5.32 Å². The molecule has 0 aromatic carbocycles. The van der Waals surface area contributed by atoms with Crippen LogP contribution in [-0.4, -0.2) is 52.7 Å². The number of hydrogen-bond acceptors (Lipinski definition) is 4. The first-order chi connectivity index (χ1) is 7.83. The van der Waals surface area contributed by atoms with Gasteiger partial charge in [0.25, 0.3) is 0 Å². The molecule has 0 aromatic heterocycles. The molecule has 0 radical (unpaired) electrons. The van der Waals surface area contributed by atoms with E-state index in [4.69, 9.17) is 14.2 Å². The molecule has 1 rings (SSSR count). The number of methoxy groups -OCH3 is 1. The lowest BCUT2D eigenvalue weighted by molar-refractivity contribution is 0.0872. The lowest BCUT2D eigenvalue weighted by Gasteiger charge is -2.13. The summed E-state index contributed by atoms with van der Waals surface area (Å²) in [5.41, 5.74) is 0. The molecule has 0 aliphatic carbocycles. The Morgan fingerprint density at radius 2 is 2.38 bits per heavy atom. The van der Waals surface area contributed by atoms with E-state index in [1.165, 1.54) is 0 Å². The van der Waals surface area contributed by atoms with Gasteiger partial charge >= 0.3 is 0 Å². The Morgan fingerprint density at radius 1 is 1.50 bits per heavy atom. The van der Waals surface area contributed by atoms with Crippen LogP contribution in [-0.2, 0) is 14.2 Å². The fraction of sp³-hybridized carbons (Fsp3) is 1.00. The van der Waals surface area contributed by atoms with Crippen LogP contribution in [0, 0.1) is 5.92 Å². The molecule has 4 nitrogen and oxygen atoms in total. The largest absolute Gasteiger partial charge is 0.383 e. The van der Waals surface area contributed by atoms with E-state index in [0.29, 0.717) is 12.0 Å². The van der Waals surface area contributed by atoms with Crippen LogP contribution in [0.25, 0.3) is 0 Å². The molecule has 1 heterocycles. The van der Waals surface area contributed by atoms with Gasteiger partial charge in [0.05, 0.1) is 19.8 Å². The van der Waals surface area contributed by atoms with Gasteiger partial charge in [-0.3, -0.25) is 0 Å². The summed E-state index contributed by atoms with van der Waals surface area (Å²) in [6, 6.07) is 0.424. The summed E-state index contributed by atoms with van der Waals surface area (Å²) in [5.74, 6) is 0.625. The number of ether oxygens (including phenoxy) is 3. The second-order valence-corrected chi connectivity index (χ2v) is 4.47. The fourth-order valence-corrected chi connectivity index (χ4v) is 1.80. The highest BCUT2D eigenvalue weighted by Crippen LogP contribution is 2.12. The first kappa shape index (κ1) is 13.9. The number of rotatable bonds is 9.